The predicted octanol–water partition coefficient (Wildman–Crippen LogP) is 1.44. The first kappa shape index (κ1) is 12.3. The van der Waals surface area contributed by atoms with Crippen molar-refractivity contribution in [1.29, 1.82) is 0 Å². The maximum Gasteiger partial charge on any atom is 0.166 e. The van der Waals surface area contributed by atoms with E-state index in [0.717, 1.165) is 0 Å². The van der Waals surface area contributed by atoms with Gasteiger partial charge in [0.1, 0.15) is 0 Å². The SMILES string of the molecule is CCC1OC(OC)C(N=[N+]=[N-])C(C)C1O. The smallest absolute Gasteiger partial charge is 0.166 e. The van der Waals surface area contributed by atoms with Crippen molar-refractivity contribution < 1.29 is 14.6 Å². The Kier molecular flexibility index (Phi) is 4.35. The summed E-state index contributed by atoms with van der Waals surface area (Å²) in [7, 11) is 1.50. The van der Waals surface area contributed by atoms with E-state index in [1.165, 1.54) is 7.11 Å². The summed E-state index contributed by atoms with van der Waals surface area (Å²) >= 11 is 0. The predicted molar refractivity (Wildman–Crippen MR) is 54.1 cm³/mol. The third-order valence-corrected chi connectivity index (χ3v) is 2.87. The van der Waals surface area contributed by atoms with Gasteiger partial charge in [-0.1, -0.05) is 19.0 Å². The molecule has 0 aliphatic carbocycles. The number of nitrogens with zero attached hydrogens (tertiary/aromatic N) is 3. The van der Waals surface area contributed by atoms with Crippen LogP contribution >= 0.6 is 0 Å². The van der Waals surface area contributed by atoms with Crippen molar-refractivity contribution in [3.63, 3.8) is 0 Å². The minimum Gasteiger partial charge on any atom is -0.390 e. The van der Waals surface area contributed by atoms with Crippen LogP contribution in [0, 0.1) is 5.92 Å². The number of azide groups is 1. The van der Waals surface area contributed by atoms with Gasteiger partial charge < -0.3 is 14.6 Å². The second-order valence-corrected chi connectivity index (χ2v) is 3.73. The van der Waals surface area contributed by atoms with Gasteiger partial charge in [0.05, 0.1) is 18.2 Å². The van der Waals surface area contributed by atoms with E-state index in [9.17, 15) is 5.11 Å². The van der Waals surface area contributed by atoms with Crippen molar-refractivity contribution in [2.45, 2.75) is 44.8 Å². The maximum absolute atomic E-state index is 9.88. The highest BCUT2D eigenvalue weighted by atomic mass is 16.7. The Labute approximate surface area is 88.8 Å². The summed E-state index contributed by atoms with van der Waals surface area (Å²) in [6.07, 6.45) is -0.731. The van der Waals surface area contributed by atoms with Gasteiger partial charge in [-0.25, -0.2) is 0 Å². The van der Waals surface area contributed by atoms with E-state index in [0.29, 0.717) is 6.42 Å². The fourth-order valence-electron chi connectivity index (χ4n) is 1.87. The molecule has 1 aliphatic rings. The summed E-state index contributed by atoms with van der Waals surface area (Å²) in [5, 5.41) is 13.5. The molecule has 1 heterocycles. The van der Waals surface area contributed by atoms with Crippen LogP contribution in [-0.4, -0.2) is 36.8 Å². The Bertz CT molecular complexity index is 253. The number of hydrogen-bond acceptors (Lipinski definition) is 4. The molecular formula is C9H17N3O3. The number of aliphatic hydroxyl groups excluding tert-OH is 1. The summed E-state index contributed by atoms with van der Waals surface area (Å²) in [5.74, 6) is -0.162. The van der Waals surface area contributed by atoms with Crippen molar-refractivity contribution in [3.8, 4) is 0 Å². The molecule has 6 heteroatoms. The molecule has 1 aliphatic heterocycles. The van der Waals surface area contributed by atoms with Gasteiger partial charge in [0.25, 0.3) is 0 Å². The molecule has 1 saturated heterocycles. The van der Waals surface area contributed by atoms with Crippen LogP contribution in [0.15, 0.2) is 5.11 Å². The van der Waals surface area contributed by atoms with Crippen molar-refractivity contribution in [2.75, 3.05) is 7.11 Å². The molecule has 0 radical (unpaired) electrons. The Morgan fingerprint density at radius 1 is 1.60 bits per heavy atom. The Morgan fingerprint density at radius 2 is 2.27 bits per heavy atom. The van der Waals surface area contributed by atoms with Crippen LogP contribution in [-0.2, 0) is 9.47 Å². The summed E-state index contributed by atoms with van der Waals surface area (Å²) < 4.78 is 10.6. The molecule has 1 rings (SSSR count). The molecular weight excluding hydrogens is 198 g/mol. The lowest BCUT2D eigenvalue weighted by atomic mass is 9.88. The summed E-state index contributed by atoms with van der Waals surface area (Å²) in [6, 6.07) is -0.474. The second-order valence-electron chi connectivity index (χ2n) is 3.73. The summed E-state index contributed by atoms with van der Waals surface area (Å²) in [4.78, 5) is 2.75. The molecule has 0 amide bonds. The quantitative estimate of drug-likeness (QED) is 0.439. The first-order chi connectivity index (χ1) is 7.15. The van der Waals surface area contributed by atoms with Crippen LogP contribution in [0.2, 0.25) is 0 Å². The monoisotopic (exact) mass is 215 g/mol. The van der Waals surface area contributed by atoms with E-state index in [1.54, 1.807) is 0 Å². The molecule has 0 saturated carbocycles. The van der Waals surface area contributed by atoms with Crippen LogP contribution in [0.5, 0.6) is 0 Å². The van der Waals surface area contributed by atoms with E-state index < -0.39 is 18.4 Å². The lowest BCUT2D eigenvalue weighted by Crippen LogP contribution is -2.52. The standard InChI is InChI=1S/C9H17N3O3/c1-4-6-8(13)5(2)7(11-12-10)9(14-3)15-6/h5-9,13H,4H2,1-3H3. The molecule has 0 aromatic carbocycles. The molecule has 86 valence electrons. The van der Waals surface area contributed by atoms with Crippen LogP contribution in [0.4, 0.5) is 0 Å². The van der Waals surface area contributed by atoms with Gasteiger partial charge in [0, 0.05) is 12.0 Å². The largest absolute Gasteiger partial charge is 0.390 e. The van der Waals surface area contributed by atoms with Gasteiger partial charge in [0.2, 0.25) is 0 Å². The molecule has 0 bridgehead atoms. The van der Waals surface area contributed by atoms with Gasteiger partial charge in [-0.2, -0.15) is 0 Å². The van der Waals surface area contributed by atoms with E-state index in [1.807, 2.05) is 13.8 Å². The highest BCUT2D eigenvalue weighted by molar-refractivity contribution is 4.90. The van der Waals surface area contributed by atoms with Crippen LogP contribution in [0.1, 0.15) is 20.3 Å². The minimum atomic E-state index is -0.614. The zero-order chi connectivity index (χ0) is 11.4. The Morgan fingerprint density at radius 3 is 2.73 bits per heavy atom. The average molecular weight is 215 g/mol. The van der Waals surface area contributed by atoms with E-state index in [2.05, 4.69) is 10.0 Å². The number of rotatable bonds is 3. The molecule has 6 nitrogen and oxygen atoms in total. The number of hydrogen-bond donors (Lipinski definition) is 1. The van der Waals surface area contributed by atoms with Gasteiger partial charge in [-0.05, 0) is 17.9 Å². The average Bonchev–Trinajstić information content (AvgIpc) is 2.25. The third-order valence-electron chi connectivity index (χ3n) is 2.87. The van der Waals surface area contributed by atoms with Crippen LogP contribution in [0.3, 0.4) is 0 Å². The van der Waals surface area contributed by atoms with Gasteiger partial charge in [-0.15, -0.1) is 0 Å². The first-order valence-electron chi connectivity index (χ1n) is 5.06. The van der Waals surface area contributed by atoms with Crippen molar-refractivity contribution in [3.05, 3.63) is 10.4 Å². The van der Waals surface area contributed by atoms with Gasteiger partial charge >= 0.3 is 0 Å². The zero-order valence-electron chi connectivity index (χ0n) is 9.20. The van der Waals surface area contributed by atoms with Crippen LogP contribution in [0.25, 0.3) is 10.4 Å². The van der Waals surface area contributed by atoms with Gasteiger partial charge in [0.15, 0.2) is 6.29 Å². The fraction of sp³-hybridized carbons (Fsp3) is 1.00. The molecule has 0 aromatic heterocycles. The Hall–Kier alpha value is -0.810. The minimum absolute atomic E-state index is 0.162. The molecule has 1 N–H and O–H groups in total. The fourth-order valence-corrected chi connectivity index (χ4v) is 1.87. The molecule has 1 fully saturated rings. The van der Waals surface area contributed by atoms with E-state index in [-0.39, 0.29) is 12.0 Å². The highest BCUT2D eigenvalue weighted by Crippen LogP contribution is 2.29. The van der Waals surface area contributed by atoms with E-state index >= 15 is 0 Å². The highest BCUT2D eigenvalue weighted by Gasteiger charge is 2.41. The first-order valence-corrected chi connectivity index (χ1v) is 5.06. The third kappa shape index (κ3) is 2.41. The summed E-state index contributed by atoms with van der Waals surface area (Å²) in [5.41, 5.74) is 8.42. The van der Waals surface area contributed by atoms with Crippen molar-refractivity contribution in [2.24, 2.45) is 11.0 Å². The van der Waals surface area contributed by atoms with Crippen molar-refractivity contribution in [1.82, 2.24) is 0 Å². The molecule has 0 aromatic rings. The van der Waals surface area contributed by atoms with E-state index in [4.69, 9.17) is 15.0 Å². The maximum atomic E-state index is 9.88. The number of ether oxygens (including phenoxy) is 2. The lowest BCUT2D eigenvalue weighted by Gasteiger charge is -2.41. The molecule has 5 unspecified atom stereocenters. The number of aliphatic hydroxyl groups is 1. The molecule has 15 heavy (non-hydrogen) atoms. The second kappa shape index (κ2) is 5.32. The van der Waals surface area contributed by atoms with Crippen LogP contribution < -0.4 is 0 Å². The lowest BCUT2D eigenvalue weighted by molar-refractivity contribution is -0.236. The Balaban J connectivity index is 2.83. The number of methoxy groups -OCH3 is 1. The van der Waals surface area contributed by atoms with Gasteiger partial charge in [-0.3, -0.25) is 0 Å². The normalized spacial score (nSPS) is 40.9. The summed E-state index contributed by atoms with van der Waals surface area (Å²) in [6.45, 7) is 3.77. The zero-order valence-corrected chi connectivity index (χ0v) is 9.20. The topological polar surface area (TPSA) is 87.5 Å². The molecule has 0 spiro atoms. The molecule has 5 atom stereocenters. The van der Waals surface area contributed by atoms with Crippen molar-refractivity contribution >= 4 is 0 Å².